The van der Waals surface area contributed by atoms with E-state index in [0.29, 0.717) is 23.5 Å². The van der Waals surface area contributed by atoms with Crippen molar-refractivity contribution in [2.24, 2.45) is 5.41 Å². The molecule has 2 rings (SSSR count). The van der Waals surface area contributed by atoms with E-state index < -0.39 is 0 Å². The molecule has 1 aliphatic rings. The molecule has 4 heteroatoms. The first-order valence-corrected chi connectivity index (χ1v) is 8.31. The van der Waals surface area contributed by atoms with Crippen LogP contribution in [0.2, 0.25) is 0 Å². The lowest BCUT2D eigenvalue weighted by molar-refractivity contribution is 0.171. The van der Waals surface area contributed by atoms with Crippen molar-refractivity contribution in [3.63, 3.8) is 0 Å². The van der Waals surface area contributed by atoms with Gasteiger partial charge in [0.15, 0.2) is 11.5 Å². The predicted octanol–water partition coefficient (Wildman–Crippen LogP) is 5.48. The summed E-state index contributed by atoms with van der Waals surface area (Å²) in [5, 5.41) is 0. The Kier molecular flexibility index (Phi) is 4.83. The van der Waals surface area contributed by atoms with E-state index in [0.717, 1.165) is 22.4 Å². The highest BCUT2D eigenvalue weighted by atomic mass is 79.9. The van der Waals surface area contributed by atoms with Gasteiger partial charge in [-0.05, 0) is 36.0 Å². The minimum Gasteiger partial charge on any atom is -0.486 e. The molecule has 0 radical (unpaired) electrons. The summed E-state index contributed by atoms with van der Waals surface area (Å²) in [6, 6.07) is 4.09. The number of fused-ring (bicyclic) bond motifs is 1. The molecule has 106 valence electrons. The third kappa shape index (κ3) is 4.12. The molecule has 2 nitrogen and oxygen atoms in total. The average Bonchev–Trinajstić information content (AvgIpc) is 2.34. The molecule has 1 unspecified atom stereocenters. The molecule has 19 heavy (non-hydrogen) atoms. The Hall–Kier alpha value is -0.220. The highest BCUT2D eigenvalue weighted by Gasteiger charge is 2.20. The Morgan fingerprint density at radius 1 is 1.16 bits per heavy atom. The molecule has 0 saturated carbocycles. The number of halogens is 2. The summed E-state index contributed by atoms with van der Waals surface area (Å²) in [6.07, 6.45) is 2.27. The topological polar surface area (TPSA) is 18.5 Å². The third-order valence-electron chi connectivity index (χ3n) is 3.15. The van der Waals surface area contributed by atoms with Crippen LogP contribution in [-0.2, 0) is 0 Å². The Morgan fingerprint density at radius 3 is 2.32 bits per heavy atom. The van der Waals surface area contributed by atoms with Crippen LogP contribution in [0, 0.1) is 5.41 Å². The Balaban J connectivity index is 2.15. The first-order valence-electron chi connectivity index (χ1n) is 6.60. The van der Waals surface area contributed by atoms with Gasteiger partial charge in [-0.25, -0.2) is 0 Å². The van der Waals surface area contributed by atoms with Crippen molar-refractivity contribution in [1.29, 1.82) is 0 Å². The predicted molar refractivity (Wildman–Crippen MR) is 85.5 cm³/mol. The molecule has 0 fully saturated rings. The number of ether oxygens (including phenoxy) is 2. The third-order valence-corrected chi connectivity index (χ3v) is 4.78. The van der Waals surface area contributed by atoms with E-state index in [1.54, 1.807) is 0 Å². The van der Waals surface area contributed by atoms with Gasteiger partial charge in [0.05, 0.1) is 0 Å². The van der Waals surface area contributed by atoms with Crippen molar-refractivity contribution in [2.75, 3.05) is 13.2 Å². The summed E-state index contributed by atoms with van der Waals surface area (Å²) in [5.41, 5.74) is 1.58. The first-order chi connectivity index (χ1) is 8.87. The molecule has 0 aliphatic carbocycles. The van der Waals surface area contributed by atoms with Crippen LogP contribution in [0.4, 0.5) is 0 Å². The second kappa shape index (κ2) is 6.04. The van der Waals surface area contributed by atoms with Crippen LogP contribution in [0.5, 0.6) is 11.5 Å². The van der Waals surface area contributed by atoms with Gasteiger partial charge in [-0.15, -0.1) is 0 Å². The minimum absolute atomic E-state index is 0.330. The molecule has 1 aliphatic heterocycles. The van der Waals surface area contributed by atoms with Gasteiger partial charge in [-0.3, -0.25) is 0 Å². The number of hydrogen-bond acceptors (Lipinski definition) is 2. The van der Waals surface area contributed by atoms with Crippen LogP contribution in [-0.4, -0.2) is 13.2 Å². The Labute approximate surface area is 132 Å². The van der Waals surface area contributed by atoms with E-state index in [2.05, 4.69) is 58.7 Å². The first kappa shape index (κ1) is 15.2. The quantitative estimate of drug-likeness (QED) is 0.635. The van der Waals surface area contributed by atoms with Gasteiger partial charge >= 0.3 is 0 Å². The smallest absolute Gasteiger partial charge is 0.162 e. The summed E-state index contributed by atoms with van der Waals surface area (Å²) in [5.74, 6) is 1.68. The van der Waals surface area contributed by atoms with E-state index in [9.17, 15) is 0 Å². The van der Waals surface area contributed by atoms with Crippen LogP contribution in [0.25, 0.3) is 0 Å². The normalized spacial score (nSPS) is 16.3. The van der Waals surface area contributed by atoms with Crippen molar-refractivity contribution in [1.82, 2.24) is 0 Å². The van der Waals surface area contributed by atoms with Gasteiger partial charge in [0.2, 0.25) is 0 Å². The summed E-state index contributed by atoms with van der Waals surface area (Å²) in [4.78, 5) is 0.330. The van der Waals surface area contributed by atoms with E-state index in [4.69, 9.17) is 9.47 Å². The van der Waals surface area contributed by atoms with Gasteiger partial charge in [0.1, 0.15) is 13.2 Å². The second-order valence-electron chi connectivity index (χ2n) is 6.08. The van der Waals surface area contributed by atoms with Crippen molar-refractivity contribution in [2.45, 2.75) is 38.4 Å². The van der Waals surface area contributed by atoms with Crippen LogP contribution in [0.3, 0.4) is 0 Å². The molecular formula is C15H20Br2O2. The van der Waals surface area contributed by atoms with Crippen LogP contribution in [0.15, 0.2) is 16.6 Å². The molecule has 1 heterocycles. The van der Waals surface area contributed by atoms with Crippen molar-refractivity contribution >= 4 is 31.9 Å². The standard InChI is InChI=1S/C15H20Br2O2/c1-15(2,3)5-4-11(16)10-8-13-14(9-12(10)17)19-7-6-18-13/h8-9,11H,4-7H2,1-3H3. The van der Waals surface area contributed by atoms with E-state index >= 15 is 0 Å². The number of alkyl halides is 1. The second-order valence-corrected chi connectivity index (χ2v) is 8.04. The molecule has 0 amide bonds. The largest absolute Gasteiger partial charge is 0.486 e. The number of rotatable bonds is 3. The van der Waals surface area contributed by atoms with Gasteiger partial charge < -0.3 is 9.47 Å². The Morgan fingerprint density at radius 2 is 1.74 bits per heavy atom. The zero-order chi connectivity index (χ0) is 14.0. The monoisotopic (exact) mass is 390 g/mol. The lowest BCUT2D eigenvalue weighted by Crippen LogP contribution is -2.15. The van der Waals surface area contributed by atoms with E-state index in [1.807, 2.05) is 6.07 Å². The van der Waals surface area contributed by atoms with Gasteiger partial charge in [-0.2, -0.15) is 0 Å². The van der Waals surface area contributed by atoms with Gasteiger partial charge in [0.25, 0.3) is 0 Å². The highest BCUT2D eigenvalue weighted by molar-refractivity contribution is 9.11. The molecule has 0 bridgehead atoms. The molecule has 0 spiro atoms. The molecule has 1 atom stereocenters. The summed E-state index contributed by atoms with van der Waals surface area (Å²) in [7, 11) is 0. The van der Waals surface area contributed by atoms with E-state index in [1.165, 1.54) is 12.0 Å². The highest BCUT2D eigenvalue weighted by Crippen LogP contribution is 2.42. The van der Waals surface area contributed by atoms with Crippen LogP contribution < -0.4 is 9.47 Å². The molecule has 0 N–H and O–H groups in total. The fourth-order valence-corrected chi connectivity index (χ4v) is 3.55. The van der Waals surface area contributed by atoms with Crippen LogP contribution >= 0.6 is 31.9 Å². The maximum absolute atomic E-state index is 5.65. The minimum atomic E-state index is 0.330. The summed E-state index contributed by atoms with van der Waals surface area (Å²) < 4.78 is 12.3. The molecule has 1 aromatic carbocycles. The lowest BCUT2D eigenvalue weighted by Gasteiger charge is -2.23. The zero-order valence-corrected chi connectivity index (χ0v) is 14.8. The van der Waals surface area contributed by atoms with Crippen molar-refractivity contribution in [3.8, 4) is 11.5 Å². The van der Waals surface area contributed by atoms with Crippen LogP contribution in [0.1, 0.15) is 44.0 Å². The van der Waals surface area contributed by atoms with Gasteiger partial charge in [0, 0.05) is 9.30 Å². The van der Waals surface area contributed by atoms with Crippen molar-refractivity contribution in [3.05, 3.63) is 22.2 Å². The average molecular weight is 392 g/mol. The SMILES string of the molecule is CC(C)(C)CCC(Br)c1cc2c(cc1Br)OCCO2. The summed E-state index contributed by atoms with van der Waals surface area (Å²) >= 11 is 7.42. The fraction of sp³-hybridized carbons (Fsp3) is 0.600. The fourth-order valence-electron chi connectivity index (χ4n) is 2.03. The molecule has 1 aromatic rings. The number of hydrogen-bond donors (Lipinski definition) is 0. The van der Waals surface area contributed by atoms with E-state index in [-0.39, 0.29) is 0 Å². The maximum atomic E-state index is 5.65. The number of benzene rings is 1. The van der Waals surface area contributed by atoms with Crippen molar-refractivity contribution < 1.29 is 9.47 Å². The summed E-state index contributed by atoms with van der Waals surface area (Å²) in [6.45, 7) is 8.06. The molecule has 0 aromatic heterocycles. The maximum Gasteiger partial charge on any atom is 0.162 e. The Bertz CT molecular complexity index is 452. The molecular weight excluding hydrogens is 372 g/mol. The lowest BCUT2D eigenvalue weighted by atomic mass is 9.89. The molecule has 0 saturated heterocycles. The van der Waals surface area contributed by atoms with Gasteiger partial charge in [-0.1, -0.05) is 52.6 Å². The zero-order valence-electron chi connectivity index (χ0n) is 11.6.